The molecule has 0 radical (unpaired) electrons. The van der Waals surface area contributed by atoms with Crippen LogP contribution in [0.3, 0.4) is 0 Å². The van der Waals surface area contributed by atoms with Crippen LogP contribution in [0.4, 0.5) is 0 Å². The van der Waals surface area contributed by atoms with E-state index in [2.05, 4.69) is 26.5 Å². The Morgan fingerprint density at radius 3 is 1.35 bits per heavy atom. The second kappa shape index (κ2) is 28.7. The Hall–Kier alpha value is -8.40. The fourth-order valence-electron chi connectivity index (χ4n) is 9.01. The predicted octanol–water partition coefficient (Wildman–Crippen LogP) is 7.75. The van der Waals surface area contributed by atoms with Gasteiger partial charge < -0.3 is 29.8 Å². The van der Waals surface area contributed by atoms with Gasteiger partial charge in [-0.1, -0.05) is 94.2 Å². The number of para-hydroxylation sites is 2. The van der Waals surface area contributed by atoms with E-state index in [1.165, 1.54) is 75.8 Å². The molecule has 3 N–H and O–H groups in total. The SMILES string of the molecule is C.CC(C)N.COc1ccccc1[C@H](Cn1c(=O)n(C(C)(C)C(=O)CC(C)C)c(=O)c2c(C)c(-n3nccn3)sc21)OCCC#N.COc1ccccc1[C@H](Cn1c(=O)n(C(C)(C)C(=O)O)c(=O)c2c(C)c(-n3nccn3)sc21)OCCC#N. The van der Waals surface area contributed by atoms with Gasteiger partial charge in [0.15, 0.2) is 5.78 Å². The summed E-state index contributed by atoms with van der Waals surface area (Å²) in [6.07, 6.45) is 5.07. The number of ketones is 1. The van der Waals surface area contributed by atoms with Gasteiger partial charge >= 0.3 is 17.3 Å². The van der Waals surface area contributed by atoms with E-state index >= 15 is 0 Å². The van der Waals surface area contributed by atoms with Crippen molar-refractivity contribution in [2.75, 3.05) is 27.4 Å². The molecule has 24 nitrogen and oxygen atoms in total. The van der Waals surface area contributed by atoms with Gasteiger partial charge in [0.1, 0.15) is 54.4 Å². The maximum atomic E-state index is 14.3. The number of methoxy groups -OCH3 is 2. The second-order valence-corrected chi connectivity index (χ2v) is 22.8. The summed E-state index contributed by atoms with van der Waals surface area (Å²) in [5.41, 5.74) is 1.57. The number of nitriles is 2. The van der Waals surface area contributed by atoms with Crippen LogP contribution in [0.5, 0.6) is 11.5 Å². The monoisotopic (exact) mass is 1190 g/mol. The molecule has 2 aromatic carbocycles. The summed E-state index contributed by atoms with van der Waals surface area (Å²) >= 11 is 2.35. The molecule has 84 heavy (non-hydrogen) atoms. The van der Waals surface area contributed by atoms with E-state index in [0.717, 1.165) is 20.5 Å². The molecule has 6 aromatic heterocycles. The quantitative estimate of drug-likeness (QED) is 0.0612. The van der Waals surface area contributed by atoms with Crippen LogP contribution in [0, 0.1) is 42.4 Å². The number of hydrogen-bond donors (Lipinski definition) is 2. The number of benzene rings is 2. The first-order valence-electron chi connectivity index (χ1n) is 26.5. The number of aryl methyl sites for hydroxylation is 2. The number of aliphatic carboxylic acids is 1. The van der Waals surface area contributed by atoms with Gasteiger partial charge in [0.25, 0.3) is 11.1 Å². The molecule has 0 aliphatic heterocycles. The maximum Gasteiger partial charge on any atom is 0.333 e. The molecule has 8 rings (SSSR count). The van der Waals surface area contributed by atoms with Crippen LogP contribution in [-0.4, -0.2) is 98.6 Å². The average Bonchev–Trinajstić information content (AvgIpc) is 1.72. The molecule has 6 heterocycles. The van der Waals surface area contributed by atoms with Crippen LogP contribution < -0.4 is 37.7 Å². The zero-order chi connectivity index (χ0) is 61.1. The number of rotatable bonds is 22. The molecule has 0 saturated carbocycles. The molecule has 0 spiro atoms. The van der Waals surface area contributed by atoms with Gasteiger partial charge in [-0.25, -0.2) is 23.5 Å². The van der Waals surface area contributed by atoms with Crippen LogP contribution in [0.2, 0.25) is 0 Å². The van der Waals surface area contributed by atoms with Crippen molar-refractivity contribution in [3.05, 3.63) is 137 Å². The van der Waals surface area contributed by atoms with Gasteiger partial charge in [-0.2, -0.15) is 30.9 Å². The molecule has 26 heteroatoms. The molecule has 0 aliphatic rings. The minimum atomic E-state index is -1.84. The van der Waals surface area contributed by atoms with Crippen molar-refractivity contribution in [1.82, 2.24) is 48.3 Å². The van der Waals surface area contributed by atoms with Gasteiger partial charge in [-0.15, -0.1) is 9.59 Å². The van der Waals surface area contributed by atoms with Gasteiger partial charge in [-0.3, -0.25) is 23.5 Å². The molecule has 8 aromatic rings. The van der Waals surface area contributed by atoms with Crippen molar-refractivity contribution in [3.63, 3.8) is 0 Å². The topological polar surface area (TPSA) is 314 Å². The Morgan fingerprint density at radius 2 is 1.01 bits per heavy atom. The first-order valence-corrected chi connectivity index (χ1v) is 28.1. The van der Waals surface area contributed by atoms with E-state index in [4.69, 9.17) is 35.2 Å². The molecule has 0 amide bonds. The summed E-state index contributed by atoms with van der Waals surface area (Å²) < 4.78 is 27.9. The number of carbonyl (C=O) groups excluding carboxylic acids is 1. The molecule has 0 unspecified atom stereocenters. The highest BCUT2D eigenvalue weighted by molar-refractivity contribution is 7.21. The van der Waals surface area contributed by atoms with E-state index < -0.39 is 51.8 Å². The fourth-order valence-corrected chi connectivity index (χ4v) is 11.5. The molecule has 0 bridgehead atoms. The van der Waals surface area contributed by atoms with Crippen molar-refractivity contribution in [2.45, 2.75) is 138 Å². The highest BCUT2D eigenvalue weighted by Crippen LogP contribution is 2.36. The average molecular weight is 1190 g/mol. The van der Waals surface area contributed by atoms with Gasteiger partial charge in [0.05, 0.1) is 101 Å². The zero-order valence-corrected chi connectivity index (χ0v) is 50.1. The van der Waals surface area contributed by atoms with Gasteiger partial charge in [0.2, 0.25) is 0 Å². The Labute approximate surface area is 493 Å². The number of carbonyl (C=O) groups is 2. The second-order valence-electron chi connectivity index (χ2n) is 20.8. The lowest BCUT2D eigenvalue weighted by molar-refractivity contribution is -0.146. The number of thiophene rings is 2. The largest absolute Gasteiger partial charge is 0.496 e. The van der Waals surface area contributed by atoms with Crippen molar-refractivity contribution in [1.29, 1.82) is 10.5 Å². The van der Waals surface area contributed by atoms with Crippen molar-refractivity contribution < 1.29 is 33.6 Å². The normalized spacial score (nSPS) is 12.2. The molecule has 2 atom stereocenters. The van der Waals surface area contributed by atoms with E-state index in [0.29, 0.717) is 64.8 Å². The van der Waals surface area contributed by atoms with Crippen LogP contribution in [0.15, 0.2) is 92.5 Å². The smallest absolute Gasteiger partial charge is 0.333 e. The van der Waals surface area contributed by atoms with E-state index in [1.807, 2.05) is 52.0 Å². The summed E-state index contributed by atoms with van der Waals surface area (Å²) in [4.78, 5) is 85.0. The van der Waals surface area contributed by atoms with Crippen molar-refractivity contribution in [2.24, 2.45) is 11.7 Å². The number of fused-ring (bicyclic) bond motifs is 2. The molecule has 0 saturated heterocycles. The molecular weight excluding hydrogens is 1120 g/mol. The summed E-state index contributed by atoms with van der Waals surface area (Å²) in [6.45, 7) is 17.2. The number of nitrogens with two attached hydrogens (primary N) is 1. The molecular formula is C58H73N13O11S2. The first-order chi connectivity index (χ1) is 39.4. The summed E-state index contributed by atoms with van der Waals surface area (Å²) in [7, 11) is 3.06. The number of aromatic nitrogens is 10. The van der Waals surface area contributed by atoms with Crippen LogP contribution >= 0.6 is 22.7 Å². The summed E-state index contributed by atoms with van der Waals surface area (Å²) in [6, 6.07) is 18.9. The number of Topliss-reactive ketones (excluding diaryl/α,β-unsaturated/α-hetero) is 1. The van der Waals surface area contributed by atoms with Crippen molar-refractivity contribution >= 4 is 54.9 Å². The Balaban J connectivity index is 0.000000286. The third kappa shape index (κ3) is 14.1. The van der Waals surface area contributed by atoms with Gasteiger partial charge in [-0.05, 0) is 65.6 Å². The minimum absolute atomic E-state index is 0. The predicted molar refractivity (Wildman–Crippen MR) is 321 cm³/mol. The minimum Gasteiger partial charge on any atom is -0.496 e. The summed E-state index contributed by atoms with van der Waals surface area (Å²) in [5, 5.41) is 46.4. The lowest BCUT2D eigenvalue weighted by atomic mass is 9.91. The van der Waals surface area contributed by atoms with Crippen LogP contribution in [0.1, 0.15) is 117 Å². The van der Waals surface area contributed by atoms with E-state index in [1.54, 1.807) is 65.1 Å². The zero-order valence-electron chi connectivity index (χ0n) is 48.5. The Morgan fingerprint density at radius 1 is 0.655 bits per heavy atom. The third-order valence-electron chi connectivity index (χ3n) is 13.2. The van der Waals surface area contributed by atoms with Crippen molar-refractivity contribution in [3.8, 4) is 33.6 Å². The lowest BCUT2D eigenvalue weighted by Gasteiger charge is -2.28. The maximum absolute atomic E-state index is 14.3. The standard InChI is InChI=1S/C29H34N6O5S.C25H26N6O6S.C3H9N.CH4/c1-18(2)16-23(36)29(4,5)34-25(37)24-19(3)26(35-31-13-14-32-35)41-27(24)33(28(34)38)17-22(40-15-9-12-30)20-10-7-8-11-21(20)39-6;1-15-19-20(32)30(25(2,3)23(33)34)24(35)29(22(19)38-21(15)31-27-11-12-28-31)14-18(37-13-7-10-26)16-8-5-6-9-17(16)36-4;1-3(2)4;/h7-8,10-11,13-14,18,22H,9,15-17H2,1-6H3;5-6,8-9,11-12,18H,7,13-14H2,1-4H3,(H,33,34);3H,4H2,1-2H3;1H4/t22-;18-;;/m00../s1. The number of carboxylic acid groups (broad SMARTS) is 1. The molecule has 0 aliphatic carbocycles. The highest BCUT2D eigenvalue weighted by Gasteiger charge is 2.38. The Kier molecular flexibility index (Phi) is 22.7. The molecule has 448 valence electrons. The number of carboxylic acids is 1. The van der Waals surface area contributed by atoms with E-state index in [9.17, 15) is 33.9 Å². The molecule has 0 fully saturated rings. The third-order valence-corrected chi connectivity index (χ3v) is 15.8. The Bertz CT molecular complexity index is 3910. The number of nitrogens with zero attached hydrogens (tertiary/aromatic N) is 12. The van der Waals surface area contributed by atoms with Crippen LogP contribution in [-0.2, 0) is 43.2 Å². The number of hydrogen-bond acceptors (Lipinski definition) is 19. The lowest BCUT2D eigenvalue weighted by Crippen LogP contribution is -2.53. The first kappa shape index (κ1) is 66.4. The van der Waals surface area contributed by atoms with Crippen LogP contribution in [0.25, 0.3) is 30.4 Å². The fraction of sp³-hybridized carbons (Fsp3) is 0.448. The summed E-state index contributed by atoms with van der Waals surface area (Å²) in [5.74, 6) is -0.431. The van der Waals surface area contributed by atoms with Gasteiger partial charge in [0, 0.05) is 28.7 Å². The number of ether oxygens (including phenoxy) is 4. The van der Waals surface area contributed by atoms with E-state index in [-0.39, 0.29) is 70.1 Å². The highest BCUT2D eigenvalue weighted by atomic mass is 32.1.